The molecule has 0 aliphatic heterocycles. The molecule has 0 fully saturated rings. The fraction of sp³-hybridized carbons (Fsp3) is 0.250. The summed E-state index contributed by atoms with van der Waals surface area (Å²) >= 11 is 0.803. The van der Waals surface area contributed by atoms with E-state index in [9.17, 15) is 18.0 Å². The zero-order valence-electron chi connectivity index (χ0n) is 14.7. The fourth-order valence-electron chi connectivity index (χ4n) is 3.17. The Morgan fingerprint density at radius 2 is 1.93 bits per heavy atom. The monoisotopic (exact) mass is 403 g/mol. The smallest absolute Gasteiger partial charge is 0.302 e. The highest BCUT2D eigenvalue weighted by molar-refractivity contribution is 7.22. The number of aromatic nitrogens is 2. The van der Waals surface area contributed by atoms with Gasteiger partial charge in [-0.3, -0.25) is 4.79 Å². The standard InChI is InChI=1S/C20H16F3N3OS/c21-20(22,23)14-11-15(12-7-3-1-4-8-12)24-17-16(14)28-19(25-17)26-18(27)13-9-5-2-6-10-13/h1-5,7-8,11,13H,6,9-10H2,(H,24,25,26,27). The predicted octanol–water partition coefficient (Wildman–Crippen LogP) is 5.67. The molecule has 1 aromatic carbocycles. The molecule has 2 heterocycles. The molecule has 4 rings (SSSR count). The summed E-state index contributed by atoms with van der Waals surface area (Å²) in [5, 5.41) is 2.80. The van der Waals surface area contributed by atoms with E-state index in [-0.39, 0.29) is 33.0 Å². The van der Waals surface area contributed by atoms with E-state index in [2.05, 4.69) is 15.3 Å². The molecule has 1 aliphatic rings. The number of thiazole rings is 1. The number of fused-ring (bicyclic) bond motifs is 1. The Labute approximate surface area is 163 Å². The van der Waals surface area contributed by atoms with Gasteiger partial charge in [0.25, 0.3) is 0 Å². The number of amides is 1. The van der Waals surface area contributed by atoms with Gasteiger partial charge in [-0.1, -0.05) is 53.8 Å². The van der Waals surface area contributed by atoms with E-state index in [4.69, 9.17) is 0 Å². The van der Waals surface area contributed by atoms with Gasteiger partial charge in [0.2, 0.25) is 5.91 Å². The molecular weight excluding hydrogens is 387 g/mol. The van der Waals surface area contributed by atoms with Crippen LogP contribution >= 0.6 is 11.3 Å². The number of hydrogen-bond donors (Lipinski definition) is 1. The van der Waals surface area contributed by atoms with Crippen LogP contribution in [0.15, 0.2) is 48.6 Å². The number of carbonyl (C=O) groups is 1. The molecule has 1 N–H and O–H groups in total. The fourth-order valence-corrected chi connectivity index (χ4v) is 4.12. The summed E-state index contributed by atoms with van der Waals surface area (Å²) in [6.07, 6.45) is 1.58. The Bertz CT molecular complexity index is 1040. The van der Waals surface area contributed by atoms with Crippen molar-refractivity contribution in [1.29, 1.82) is 0 Å². The third kappa shape index (κ3) is 3.77. The largest absolute Gasteiger partial charge is 0.417 e. The molecule has 8 heteroatoms. The van der Waals surface area contributed by atoms with Gasteiger partial charge in [0.15, 0.2) is 10.8 Å². The van der Waals surface area contributed by atoms with Crippen LogP contribution in [0.1, 0.15) is 24.8 Å². The number of benzene rings is 1. The van der Waals surface area contributed by atoms with Crippen LogP contribution in [-0.4, -0.2) is 15.9 Å². The maximum absolute atomic E-state index is 13.6. The number of alkyl halides is 3. The topological polar surface area (TPSA) is 54.9 Å². The van der Waals surface area contributed by atoms with Crippen LogP contribution in [-0.2, 0) is 11.0 Å². The first-order valence-corrected chi connectivity index (χ1v) is 9.63. The van der Waals surface area contributed by atoms with Gasteiger partial charge >= 0.3 is 6.18 Å². The van der Waals surface area contributed by atoms with E-state index in [1.165, 1.54) is 0 Å². The third-order valence-electron chi connectivity index (χ3n) is 4.61. The van der Waals surface area contributed by atoms with Crippen molar-refractivity contribution in [2.75, 3.05) is 5.32 Å². The third-order valence-corrected chi connectivity index (χ3v) is 5.60. The lowest BCUT2D eigenvalue weighted by Gasteiger charge is -2.15. The molecule has 1 aliphatic carbocycles. The Morgan fingerprint density at radius 1 is 1.14 bits per heavy atom. The van der Waals surface area contributed by atoms with E-state index < -0.39 is 11.7 Å². The van der Waals surface area contributed by atoms with Crippen molar-refractivity contribution in [1.82, 2.24) is 9.97 Å². The second-order valence-corrected chi connectivity index (χ2v) is 7.56. The van der Waals surface area contributed by atoms with E-state index in [1.54, 1.807) is 30.3 Å². The van der Waals surface area contributed by atoms with Gasteiger partial charge in [0.1, 0.15) is 0 Å². The van der Waals surface area contributed by atoms with Crippen LogP contribution in [0, 0.1) is 5.92 Å². The molecule has 1 unspecified atom stereocenters. The van der Waals surface area contributed by atoms with Crippen molar-refractivity contribution in [3.8, 4) is 11.3 Å². The second-order valence-electron chi connectivity index (χ2n) is 6.56. The number of halogens is 3. The highest BCUT2D eigenvalue weighted by atomic mass is 32.1. The Kier molecular flexibility index (Phi) is 4.89. The second kappa shape index (κ2) is 7.35. The van der Waals surface area contributed by atoms with Gasteiger partial charge in [-0.05, 0) is 25.3 Å². The number of pyridine rings is 1. The van der Waals surface area contributed by atoms with E-state index in [0.29, 0.717) is 12.0 Å². The van der Waals surface area contributed by atoms with Crippen LogP contribution in [0.4, 0.5) is 18.3 Å². The van der Waals surface area contributed by atoms with Crippen molar-refractivity contribution in [2.45, 2.75) is 25.4 Å². The van der Waals surface area contributed by atoms with Crippen LogP contribution in [0.25, 0.3) is 21.6 Å². The molecule has 0 radical (unpaired) electrons. The van der Waals surface area contributed by atoms with Crippen LogP contribution in [0.5, 0.6) is 0 Å². The number of nitrogens with one attached hydrogen (secondary N) is 1. The van der Waals surface area contributed by atoms with Crippen LogP contribution in [0.2, 0.25) is 0 Å². The van der Waals surface area contributed by atoms with E-state index >= 15 is 0 Å². The number of hydrogen-bond acceptors (Lipinski definition) is 4. The Morgan fingerprint density at radius 3 is 2.61 bits per heavy atom. The number of carbonyl (C=O) groups excluding carboxylic acids is 1. The molecule has 4 nitrogen and oxygen atoms in total. The van der Waals surface area contributed by atoms with Crippen molar-refractivity contribution in [3.63, 3.8) is 0 Å². The van der Waals surface area contributed by atoms with Gasteiger partial charge in [0, 0.05) is 11.5 Å². The number of rotatable bonds is 3. The Hall–Kier alpha value is -2.74. The highest BCUT2D eigenvalue weighted by Crippen LogP contribution is 2.40. The van der Waals surface area contributed by atoms with Gasteiger partial charge in [-0.25, -0.2) is 4.98 Å². The zero-order chi connectivity index (χ0) is 19.7. The molecule has 1 amide bonds. The molecule has 3 aromatic rings. The van der Waals surface area contributed by atoms with E-state index in [1.807, 2.05) is 12.2 Å². The first-order valence-electron chi connectivity index (χ1n) is 8.82. The van der Waals surface area contributed by atoms with Gasteiger partial charge in [-0.2, -0.15) is 18.2 Å². The molecule has 0 spiro atoms. The summed E-state index contributed by atoms with van der Waals surface area (Å²) in [7, 11) is 0. The Balaban J connectivity index is 1.73. The molecule has 0 saturated heterocycles. The van der Waals surface area contributed by atoms with Crippen molar-refractivity contribution in [2.24, 2.45) is 5.92 Å². The molecular formula is C20H16F3N3OS. The van der Waals surface area contributed by atoms with E-state index in [0.717, 1.165) is 30.2 Å². The maximum Gasteiger partial charge on any atom is 0.417 e. The van der Waals surface area contributed by atoms with Crippen LogP contribution in [0.3, 0.4) is 0 Å². The molecule has 2 aromatic heterocycles. The predicted molar refractivity (Wildman–Crippen MR) is 103 cm³/mol. The first kappa shape index (κ1) is 18.6. The molecule has 0 saturated carbocycles. The molecule has 144 valence electrons. The van der Waals surface area contributed by atoms with Gasteiger partial charge < -0.3 is 5.32 Å². The summed E-state index contributed by atoms with van der Waals surface area (Å²) in [6.45, 7) is 0. The normalized spacial score (nSPS) is 17.0. The van der Waals surface area contributed by atoms with Crippen LogP contribution < -0.4 is 5.32 Å². The number of anilines is 1. The molecule has 0 bridgehead atoms. The minimum Gasteiger partial charge on any atom is -0.302 e. The SMILES string of the molecule is O=C(Nc1nc2nc(-c3ccccc3)cc(C(F)(F)F)c2s1)C1CC=CCC1. The van der Waals surface area contributed by atoms with Crippen molar-refractivity contribution >= 4 is 32.7 Å². The van der Waals surface area contributed by atoms with Crippen molar-refractivity contribution < 1.29 is 18.0 Å². The summed E-state index contributed by atoms with van der Waals surface area (Å²) in [5.41, 5.74) is -0.0454. The van der Waals surface area contributed by atoms with Gasteiger partial charge in [-0.15, -0.1) is 0 Å². The van der Waals surface area contributed by atoms with Gasteiger partial charge in [0.05, 0.1) is 16.0 Å². The summed E-state index contributed by atoms with van der Waals surface area (Å²) < 4.78 is 40.8. The number of allylic oxidation sites excluding steroid dienone is 2. The average Bonchev–Trinajstić information content (AvgIpc) is 3.10. The quantitative estimate of drug-likeness (QED) is 0.573. The lowest BCUT2D eigenvalue weighted by atomic mass is 9.94. The minimum atomic E-state index is -4.55. The van der Waals surface area contributed by atoms with Crippen molar-refractivity contribution in [3.05, 3.63) is 54.1 Å². The molecule has 1 atom stereocenters. The lowest BCUT2D eigenvalue weighted by molar-refractivity contribution is -0.136. The average molecular weight is 403 g/mol. The summed E-state index contributed by atoms with van der Waals surface area (Å²) in [4.78, 5) is 20.9. The highest BCUT2D eigenvalue weighted by Gasteiger charge is 2.35. The molecule has 28 heavy (non-hydrogen) atoms. The minimum absolute atomic E-state index is 0.0162. The lowest BCUT2D eigenvalue weighted by Crippen LogP contribution is -2.23. The maximum atomic E-state index is 13.6. The zero-order valence-corrected chi connectivity index (χ0v) is 15.5. The number of nitrogens with zero attached hydrogens (tertiary/aromatic N) is 2. The summed E-state index contributed by atoms with van der Waals surface area (Å²) in [5.74, 6) is -0.410. The summed E-state index contributed by atoms with van der Waals surface area (Å²) in [6, 6.07) is 9.68. The first-order chi connectivity index (χ1) is 13.4.